The highest BCUT2D eigenvalue weighted by Gasteiger charge is 2.42. The summed E-state index contributed by atoms with van der Waals surface area (Å²) in [5, 5.41) is 7.30. The van der Waals surface area contributed by atoms with Crippen LogP contribution in [0.15, 0.2) is 30.5 Å². The number of hydrogen-bond acceptors (Lipinski definition) is 4. The first-order chi connectivity index (χ1) is 19.1. The van der Waals surface area contributed by atoms with Gasteiger partial charge in [-0.25, -0.2) is 0 Å². The van der Waals surface area contributed by atoms with Crippen LogP contribution in [0.2, 0.25) is 0 Å². The van der Waals surface area contributed by atoms with Gasteiger partial charge in [-0.1, -0.05) is 32.0 Å². The third kappa shape index (κ3) is 5.74. The van der Waals surface area contributed by atoms with Crippen molar-refractivity contribution < 1.29 is 27.6 Å². The Hall–Kier alpha value is -3.37. The van der Waals surface area contributed by atoms with E-state index in [1.165, 1.54) is 12.1 Å². The highest BCUT2D eigenvalue weighted by molar-refractivity contribution is 5.96. The molecule has 1 unspecified atom stereocenters. The molecule has 11 heteroatoms. The highest BCUT2D eigenvalue weighted by atomic mass is 19.4. The number of carbonyl (C=O) groups excluding carboxylic acids is 3. The third-order valence-corrected chi connectivity index (χ3v) is 8.27. The summed E-state index contributed by atoms with van der Waals surface area (Å²) in [5.41, 5.74) is 0.799. The normalized spacial score (nSPS) is 20.3. The lowest BCUT2D eigenvalue weighted by molar-refractivity contribution is -0.138. The van der Waals surface area contributed by atoms with Crippen LogP contribution < -0.4 is 5.32 Å². The van der Waals surface area contributed by atoms with Gasteiger partial charge < -0.3 is 15.1 Å². The van der Waals surface area contributed by atoms with Gasteiger partial charge in [-0.2, -0.15) is 18.3 Å². The molecule has 0 radical (unpaired) electrons. The molecule has 2 saturated heterocycles. The van der Waals surface area contributed by atoms with Crippen molar-refractivity contribution in [2.45, 2.75) is 76.6 Å². The minimum Gasteiger partial charge on any atom is -0.347 e. The molecular formula is C29H36F3N5O3. The molecule has 3 aliphatic rings. The van der Waals surface area contributed by atoms with E-state index in [1.807, 2.05) is 4.68 Å². The highest BCUT2D eigenvalue weighted by Crippen LogP contribution is 2.45. The van der Waals surface area contributed by atoms with Crippen LogP contribution in [-0.2, 0) is 15.8 Å². The second-order valence-corrected chi connectivity index (χ2v) is 11.4. The van der Waals surface area contributed by atoms with E-state index in [-0.39, 0.29) is 47.7 Å². The van der Waals surface area contributed by atoms with Crippen molar-refractivity contribution in [3.05, 3.63) is 52.8 Å². The van der Waals surface area contributed by atoms with Gasteiger partial charge in [-0.3, -0.25) is 19.1 Å². The maximum atomic E-state index is 13.9. The van der Waals surface area contributed by atoms with Crippen LogP contribution in [0.1, 0.15) is 97.6 Å². The van der Waals surface area contributed by atoms with Crippen LogP contribution in [0.4, 0.5) is 13.2 Å². The molecule has 3 amide bonds. The molecule has 1 aliphatic carbocycles. The van der Waals surface area contributed by atoms with Crippen LogP contribution in [0.3, 0.4) is 0 Å². The standard InChI is InChI=1S/C29H36F3N5O3/c1-18(2)27(39)33-17-25(38)35-14-11-20(12-15-35)37-26(19-9-10-19)22(16-34-37)28(40)36-13-5-8-24(36)21-6-3-4-7-23(21)29(30,31)32/h3-4,6-7,16,18-20,24H,5,8-15,17H2,1-2H3,(H,33,39). The molecule has 40 heavy (non-hydrogen) atoms. The van der Waals surface area contributed by atoms with Gasteiger partial charge in [-0.15, -0.1) is 0 Å². The van der Waals surface area contributed by atoms with Crippen molar-refractivity contribution in [3.63, 3.8) is 0 Å². The van der Waals surface area contributed by atoms with E-state index >= 15 is 0 Å². The summed E-state index contributed by atoms with van der Waals surface area (Å²) in [4.78, 5) is 41.6. The van der Waals surface area contributed by atoms with Gasteiger partial charge in [-0.05, 0) is 50.2 Å². The average Bonchev–Trinajstić information content (AvgIpc) is 3.48. The van der Waals surface area contributed by atoms with Gasteiger partial charge in [0.1, 0.15) is 0 Å². The van der Waals surface area contributed by atoms with E-state index in [9.17, 15) is 27.6 Å². The van der Waals surface area contributed by atoms with Crippen LogP contribution >= 0.6 is 0 Å². The van der Waals surface area contributed by atoms with E-state index in [0.29, 0.717) is 50.9 Å². The first kappa shape index (κ1) is 28.2. The zero-order chi connectivity index (χ0) is 28.6. The van der Waals surface area contributed by atoms with E-state index < -0.39 is 17.8 Å². The Balaban J connectivity index is 1.31. The summed E-state index contributed by atoms with van der Waals surface area (Å²) in [6, 6.07) is 4.92. The minimum absolute atomic E-state index is 0.0202. The number of benzene rings is 1. The maximum absolute atomic E-state index is 13.9. The van der Waals surface area contributed by atoms with Crippen LogP contribution in [0.5, 0.6) is 0 Å². The molecule has 1 saturated carbocycles. The van der Waals surface area contributed by atoms with Crippen molar-refractivity contribution in [2.75, 3.05) is 26.2 Å². The van der Waals surface area contributed by atoms with E-state index in [1.54, 1.807) is 35.9 Å². The second kappa shape index (κ2) is 11.2. The molecule has 216 valence electrons. The number of carbonyl (C=O) groups is 3. The Morgan fingerprint density at radius 2 is 1.73 bits per heavy atom. The first-order valence-electron chi connectivity index (χ1n) is 14.2. The Labute approximate surface area is 231 Å². The fraction of sp³-hybridized carbons (Fsp3) is 0.586. The van der Waals surface area contributed by atoms with E-state index in [4.69, 9.17) is 0 Å². The summed E-state index contributed by atoms with van der Waals surface area (Å²) in [6.45, 7) is 4.98. The summed E-state index contributed by atoms with van der Waals surface area (Å²) >= 11 is 0. The summed E-state index contributed by atoms with van der Waals surface area (Å²) in [5.74, 6) is -0.526. The number of nitrogens with zero attached hydrogens (tertiary/aromatic N) is 4. The van der Waals surface area contributed by atoms with Gasteiger partial charge in [0.05, 0.1) is 41.6 Å². The Kier molecular flexibility index (Phi) is 7.92. The third-order valence-electron chi connectivity index (χ3n) is 8.27. The van der Waals surface area contributed by atoms with Crippen molar-refractivity contribution in [1.29, 1.82) is 0 Å². The largest absolute Gasteiger partial charge is 0.416 e. The number of piperidine rings is 1. The lowest BCUT2D eigenvalue weighted by atomic mass is 9.97. The zero-order valence-corrected chi connectivity index (χ0v) is 22.9. The van der Waals surface area contributed by atoms with Gasteiger partial charge in [0.2, 0.25) is 11.8 Å². The molecule has 8 nitrogen and oxygen atoms in total. The Morgan fingerprint density at radius 1 is 1.02 bits per heavy atom. The Morgan fingerprint density at radius 3 is 2.38 bits per heavy atom. The van der Waals surface area contributed by atoms with Crippen molar-refractivity contribution in [2.24, 2.45) is 5.92 Å². The van der Waals surface area contributed by atoms with Crippen LogP contribution in [-0.4, -0.2) is 63.5 Å². The molecule has 5 rings (SSSR count). The van der Waals surface area contributed by atoms with Gasteiger partial charge in [0, 0.05) is 31.5 Å². The number of nitrogens with one attached hydrogen (secondary N) is 1. The number of amides is 3. The molecule has 1 N–H and O–H groups in total. The zero-order valence-electron chi connectivity index (χ0n) is 22.9. The summed E-state index contributed by atoms with van der Waals surface area (Å²) in [7, 11) is 0. The summed E-state index contributed by atoms with van der Waals surface area (Å²) < 4.78 is 43.2. The lowest BCUT2D eigenvalue weighted by Crippen LogP contribution is -2.45. The van der Waals surface area contributed by atoms with Crippen molar-refractivity contribution in [1.82, 2.24) is 24.9 Å². The number of hydrogen-bond donors (Lipinski definition) is 1. The molecule has 3 fully saturated rings. The molecule has 3 heterocycles. The molecule has 1 aromatic carbocycles. The molecule has 1 aromatic heterocycles. The first-order valence-corrected chi connectivity index (χ1v) is 14.2. The van der Waals surface area contributed by atoms with Gasteiger partial charge >= 0.3 is 6.18 Å². The SMILES string of the molecule is CC(C)C(=O)NCC(=O)N1CCC(n2ncc(C(=O)N3CCCC3c3ccccc3C(F)(F)F)c2C2CC2)CC1. The molecule has 2 aliphatic heterocycles. The number of halogens is 3. The second-order valence-electron chi connectivity index (χ2n) is 11.4. The number of likely N-dealkylation sites (tertiary alicyclic amines) is 2. The van der Waals surface area contributed by atoms with Gasteiger partial charge in [0.15, 0.2) is 0 Å². The predicted molar refractivity (Wildman–Crippen MR) is 141 cm³/mol. The molecular weight excluding hydrogens is 523 g/mol. The topological polar surface area (TPSA) is 87.5 Å². The Bertz CT molecular complexity index is 1260. The van der Waals surface area contributed by atoms with Gasteiger partial charge in [0.25, 0.3) is 5.91 Å². The monoisotopic (exact) mass is 559 g/mol. The van der Waals surface area contributed by atoms with Crippen LogP contribution in [0.25, 0.3) is 0 Å². The lowest BCUT2D eigenvalue weighted by Gasteiger charge is -2.33. The number of alkyl halides is 3. The van der Waals surface area contributed by atoms with Crippen LogP contribution in [0, 0.1) is 5.92 Å². The van der Waals surface area contributed by atoms with E-state index in [2.05, 4.69) is 10.4 Å². The fourth-order valence-electron chi connectivity index (χ4n) is 5.96. The molecule has 0 bridgehead atoms. The quantitative estimate of drug-likeness (QED) is 0.533. The predicted octanol–water partition coefficient (Wildman–Crippen LogP) is 4.69. The molecule has 0 spiro atoms. The fourth-order valence-corrected chi connectivity index (χ4v) is 5.96. The average molecular weight is 560 g/mol. The van der Waals surface area contributed by atoms with Crippen molar-refractivity contribution >= 4 is 17.7 Å². The number of rotatable bonds is 7. The molecule has 2 aromatic rings. The maximum Gasteiger partial charge on any atom is 0.416 e. The molecule has 1 atom stereocenters. The summed E-state index contributed by atoms with van der Waals surface area (Å²) in [6.07, 6.45) is 1.44. The number of aromatic nitrogens is 2. The smallest absolute Gasteiger partial charge is 0.347 e. The van der Waals surface area contributed by atoms with Crippen molar-refractivity contribution in [3.8, 4) is 0 Å². The van der Waals surface area contributed by atoms with E-state index in [0.717, 1.165) is 24.6 Å². The minimum atomic E-state index is -4.49.